The monoisotopic (exact) mass is 294 g/mol. The molecule has 0 atom stereocenters. The number of carbonyl (C=O) groups excluding carboxylic acids is 1. The molecule has 1 aromatic rings. The maximum absolute atomic E-state index is 13.8. The lowest BCUT2D eigenvalue weighted by molar-refractivity contribution is 0.0697. The Balaban J connectivity index is 2.12. The highest BCUT2D eigenvalue weighted by Gasteiger charge is 2.24. The van der Waals surface area contributed by atoms with Crippen LogP contribution < -0.4 is 5.32 Å². The van der Waals surface area contributed by atoms with Crippen molar-refractivity contribution >= 4 is 17.7 Å². The van der Waals surface area contributed by atoms with E-state index in [1.54, 1.807) is 4.90 Å². The smallest absolute Gasteiger partial charge is 0.337 e. The minimum atomic E-state index is -1.27. The van der Waals surface area contributed by atoms with Gasteiger partial charge < -0.3 is 15.3 Å². The summed E-state index contributed by atoms with van der Waals surface area (Å²) in [7, 11) is 0. The van der Waals surface area contributed by atoms with Crippen LogP contribution in [0, 0.1) is 11.7 Å². The number of carboxylic acids is 1. The topological polar surface area (TPSA) is 69.6 Å². The van der Waals surface area contributed by atoms with Crippen LogP contribution in [0.4, 0.5) is 14.9 Å². The summed E-state index contributed by atoms with van der Waals surface area (Å²) in [5, 5.41) is 11.5. The van der Waals surface area contributed by atoms with Crippen molar-refractivity contribution in [2.75, 3.05) is 18.4 Å². The number of carboxylic acid groups (broad SMARTS) is 1. The molecule has 5 nitrogen and oxygen atoms in total. The Morgan fingerprint density at radius 1 is 1.43 bits per heavy atom. The Morgan fingerprint density at radius 2 is 2.14 bits per heavy atom. The van der Waals surface area contributed by atoms with Gasteiger partial charge in [0, 0.05) is 13.1 Å². The highest BCUT2D eigenvalue weighted by atomic mass is 19.1. The lowest BCUT2D eigenvalue weighted by atomic mass is 9.85. The second-order valence-corrected chi connectivity index (χ2v) is 5.23. The number of urea groups is 1. The van der Waals surface area contributed by atoms with E-state index >= 15 is 0 Å². The fourth-order valence-electron chi connectivity index (χ4n) is 2.36. The molecular weight excluding hydrogens is 275 g/mol. The summed E-state index contributed by atoms with van der Waals surface area (Å²) in [6.07, 6.45) is 3.38. The van der Waals surface area contributed by atoms with Gasteiger partial charge in [-0.15, -0.1) is 0 Å². The Labute approximate surface area is 122 Å². The summed E-state index contributed by atoms with van der Waals surface area (Å²) in [4.78, 5) is 24.9. The molecule has 1 aromatic carbocycles. The molecule has 0 heterocycles. The van der Waals surface area contributed by atoms with E-state index in [9.17, 15) is 14.0 Å². The zero-order valence-electron chi connectivity index (χ0n) is 11.9. The van der Waals surface area contributed by atoms with Crippen LogP contribution in [-0.4, -0.2) is 35.1 Å². The highest BCUT2D eigenvalue weighted by molar-refractivity contribution is 6.00. The standard InChI is InChI=1S/C15H19FN2O3/c1-2-18(9-10-5-3-6-10)15(21)17-13-11(14(19)20)7-4-8-12(13)16/h4,7-8,10H,2-3,5-6,9H2,1H3,(H,17,21)(H,19,20). The van der Waals surface area contributed by atoms with Gasteiger partial charge in [0.2, 0.25) is 0 Å². The predicted molar refractivity (Wildman–Crippen MR) is 77.0 cm³/mol. The molecule has 2 rings (SSSR count). The van der Waals surface area contributed by atoms with Crippen LogP contribution in [0.2, 0.25) is 0 Å². The number of anilines is 1. The fraction of sp³-hybridized carbons (Fsp3) is 0.467. The lowest BCUT2D eigenvalue weighted by Crippen LogP contribution is -2.40. The van der Waals surface area contributed by atoms with Gasteiger partial charge in [0.25, 0.3) is 0 Å². The summed E-state index contributed by atoms with van der Waals surface area (Å²) < 4.78 is 13.8. The molecule has 1 fully saturated rings. The predicted octanol–water partition coefficient (Wildman–Crippen LogP) is 3.18. The molecule has 0 bridgehead atoms. The molecule has 0 unspecified atom stereocenters. The van der Waals surface area contributed by atoms with Crippen molar-refractivity contribution in [1.82, 2.24) is 4.90 Å². The van der Waals surface area contributed by atoms with Crippen molar-refractivity contribution < 1.29 is 19.1 Å². The van der Waals surface area contributed by atoms with Crippen molar-refractivity contribution in [2.24, 2.45) is 5.92 Å². The first kappa shape index (κ1) is 15.3. The molecule has 21 heavy (non-hydrogen) atoms. The first-order valence-electron chi connectivity index (χ1n) is 7.10. The lowest BCUT2D eigenvalue weighted by Gasteiger charge is -2.31. The van der Waals surface area contributed by atoms with Crippen LogP contribution in [0.3, 0.4) is 0 Å². The third-order valence-corrected chi connectivity index (χ3v) is 3.85. The number of hydrogen-bond acceptors (Lipinski definition) is 2. The average molecular weight is 294 g/mol. The third kappa shape index (κ3) is 3.51. The van der Waals surface area contributed by atoms with E-state index in [1.165, 1.54) is 18.6 Å². The average Bonchev–Trinajstić information content (AvgIpc) is 2.39. The minimum absolute atomic E-state index is 0.247. The molecule has 2 N–H and O–H groups in total. The Morgan fingerprint density at radius 3 is 2.67 bits per heavy atom. The maximum Gasteiger partial charge on any atom is 0.337 e. The largest absolute Gasteiger partial charge is 0.478 e. The van der Waals surface area contributed by atoms with Gasteiger partial charge in [-0.1, -0.05) is 12.5 Å². The molecule has 2 amide bonds. The second kappa shape index (κ2) is 6.56. The van der Waals surface area contributed by atoms with Gasteiger partial charge in [-0.05, 0) is 37.8 Å². The zero-order chi connectivity index (χ0) is 15.4. The molecule has 114 valence electrons. The van der Waals surface area contributed by atoms with Crippen LogP contribution in [0.25, 0.3) is 0 Å². The van der Waals surface area contributed by atoms with Gasteiger partial charge in [-0.2, -0.15) is 0 Å². The number of carbonyl (C=O) groups is 2. The zero-order valence-corrected chi connectivity index (χ0v) is 11.9. The quantitative estimate of drug-likeness (QED) is 0.876. The van der Waals surface area contributed by atoms with Gasteiger partial charge in [0.15, 0.2) is 0 Å². The summed E-state index contributed by atoms with van der Waals surface area (Å²) in [5.41, 5.74) is -0.523. The number of para-hydroxylation sites is 1. The number of halogens is 1. The van der Waals surface area contributed by atoms with Crippen molar-refractivity contribution in [2.45, 2.75) is 26.2 Å². The first-order chi connectivity index (χ1) is 10.0. The van der Waals surface area contributed by atoms with E-state index in [1.807, 2.05) is 6.92 Å². The normalized spacial score (nSPS) is 14.4. The van der Waals surface area contributed by atoms with Crippen LogP contribution >= 0.6 is 0 Å². The first-order valence-corrected chi connectivity index (χ1v) is 7.10. The molecule has 1 saturated carbocycles. The Hall–Kier alpha value is -2.11. The molecule has 6 heteroatoms. The third-order valence-electron chi connectivity index (χ3n) is 3.85. The summed E-state index contributed by atoms with van der Waals surface area (Å²) in [6.45, 7) is 2.97. The molecule has 0 saturated heterocycles. The molecule has 0 radical (unpaired) electrons. The van der Waals surface area contributed by atoms with E-state index in [2.05, 4.69) is 5.32 Å². The van der Waals surface area contributed by atoms with Gasteiger partial charge in [0.05, 0.1) is 11.3 Å². The van der Waals surface area contributed by atoms with Crippen LogP contribution in [-0.2, 0) is 0 Å². The van der Waals surface area contributed by atoms with E-state index in [4.69, 9.17) is 5.11 Å². The van der Waals surface area contributed by atoms with E-state index in [0.717, 1.165) is 18.9 Å². The van der Waals surface area contributed by atoms with E-state index in [0.29, 0.717) is 19.0 Å². The molecule has 0 spiro atoms. The molecular formula is C15H19FN2O3. The molecule has 1 aliphatic rings. The van der Waals surface area contributed by atoms with Crippen LogP contribution in [0.15, 0.2) is 18.2 Å². The molecule has 1 aliphatic carbocycles. The van der Waals surface area contributed by atoms with Crippen molar-refractivity contribution in [1.29, 1.82) is 0 Å². The van der Waals surface area contributed by atoms with Gasteiger partial charge in [0.1, 0.15) is 5.82 Å². The van der Waals surface area contributed by atoms with Crippen molar-refractivity contribution in [3.05, 3.63) is 29.6 Å². The van der Waals surface area contributed by atoms with Gasteiger partial charge >= 0.3 is 12.0 Å². The van der Waals surface area contributed by atoms with Crippen LogP contribution in [0.1, 0.15) is 36.5 Å². The summed E-state index contributed by atoms with van der Waals surface area (Å²) >= 11 is 0. The van der Waals surface area contributed by atoms with E-state index in [-0.39, 0.29) is 11.3 Å². The fourth-order valence-corrected chi connectivity index (χ4v) is 2.36. The number of benzene rings is 1. The van der Waals surface area contributed by atoms with E-state index < -0.39 is 17.8 Å². The summed E-state index contributed by atoms with van der Waals surface area (Å²) in [5.74, 6) is -1.52. The molecule has 0 aromatic heterocycles. The maximum atomic E-state index is 13.8. The molecule has 0 aliphatic heterocycles. The number of amides is 2. The Bertz CT molecular complexity index is 544. The van der Waals surface area contributed by atoms with Gasteiger partial charge in [-0.25, -0.2) is 14.0 Å². The summed E-state index contributed by atoms with van der Waals surface area (Å²) in [6, 6.07) is 3.24. The minimum Gasteiger partial charge on any atom is -0.478 e. The van der Waals surface area contributed by atoms with Crippen LogP contribution in [0.5, 0.6) is 0 Å². The highest BCUT2D eigenvalue weighted by Crippen LogP contribution is 2.27. The van der Waals surface area contributed by atoms with Gasteiger partial charge in [-0.3, -0.25) is 0 Å². The van der Waals surface area contributed by atoms with Crippen molar-refractivity contribution in [3.63, 3.8) is 0 Å². The number of nitrogens with zero attached hydrogens (tertiary/aromatic N) is 1. The number of aromatic carboxylic acids is 1. The Kier molecular flexibility index (Phi) is 4.77. The van der Waals surface area contributed by atoms with Crippen molar-refractivity contribution in [3.8, 4) is 0 Å². The SMILES string of the molecule is CCN(CC1CCC1)C(=O)Nc1c(F)cccc1C(=O)O. The second-order valence-electron chi connectivity index (χ2n) is 5.23. The number of rotatable bonds is 5. The number of hydrogen-bond donors (Lipinski definition) is 2. The number of nitrogens with one attached hydrogen (secondary N) is 1.